The van der Waals surface area contributed by atoms with Crippen LogP contribution in [0.3, 0.4) is 0 Å². The zero-order valence-corrected chi connectivity index (χ0v) is 15.3. The summed E-state index contributed by atoms with van der Waals surface area (Å²) in [5.74, 6) is 0.482. The summed E-state index contributed by atoms with van der Waals surface area (Å²) < 4.78 is 0. The molecule has 0 atom stereocenters. The molecule has 5 aromatic rings. The van der Waals surface area contributed by atoms with Crippen LogP contribution in [0.5, 0.6) is 0 Å². The Labute approximate surface area is 164 Å². The van der Waals surface area contributed by atoms with Gasteiger partial charge in [0.1, 0.15) is 11.4 Å². The number of nitrogens with zero attached hydrogens (tertiary/aromatic N) is 2. The van der Waals surface area contributed by atoms with Crippen molar-refractivity contribution < 1.29 is 0 Å². The smallest absolute Gasteiger partial charge is 0.261 e. The SMILES string of the molecule is O=c1[nH]c2ccc(Cl)cc2c(Nc2cccnc2)c1-c1nc2ccccc2[nH]1. The summed E-state index contributed by atoms with van der Waals surface area (Å²) in [5.41, 5.74) is 3.86. The third-order valence-corrected chi connectivity index (χ3v) is 4.77. The van der Waals surface area contributed by atoms with Crippen LogP contribution in [0.25, 0.3) is 33.3 Å². The van der Waals surface area contributed by atoms with Crippen molar-refractivity contribution in [2.45, 2.75) is 0 Å². The summed E-state index contributed by atoms with van der Waals surface area (Å²) in [7, 11) is 0. The number of rotatable bonds is 3. The van der Waals surface area contributed by atoms with E-state index in [-0.39, 0.29) is 5.56 Å². The molecule has 136 valence electrons. The predicted molar refractivity (Wildman–Crippen MR) is 112 cm³/mol. The number of fused-ring (bicyclic) bond motifs is 2. The average Bonchev–Trinajstić information content (AvgIpc) is 3.13. The van der Waals surface area contributed by atoms with E-state index < -0.39 is 0 Å². The number of aromatic amines is 2. The molecule has 0 amide bonds. The van der Waals surface area contributed by atoms with Crippen molar-refractivity contribution in [3.63, 3.8) is 0 Å². The molecule has 0 bridgehead atoms. The van der Waals surface area contributed by atoms with E-state index in [1.54, 1.807) is 24.5 Å². The molecule has 0 unspecified atom stereocenters. The summed E-state index contributed by atoms with van der Waals surface area (Å²) in [4.78, 5) is 27.9. The minimum atomic E-state index is -0.250. The number of pyridine rings is 2. The van der Waals surface area contributed by atoms with Crippen LogP contribution in [0.1, 0.15) is 0 Å². The van der Waals surface area contributed by atoms with Crippen LogP contribution < -0.4 is 10.9 Å². The second kappa shape index (κ2) is 6.51. The van der Waals surface area contributed by atoms with Gasteiger partial charge in [-0.2, -0.15) is 0 Å². The normalized spacial score (nSPS) is 11.2. The lowest BCUT2D eigenvalue weighted by atomic mass is 10.1. The fourth-order valence-electron chi connectivity index (χ4n) is 3.27. The fraction of sp³-hybridized carbons (Fsp3) is 0. The van der Waals surface area contributed by atoms with Crippen LogP contribution >= 0.6 is 11.6 Å². The second-order valence-electron chi connectivity index (χ2n) is 6.36. The fourth-order valence-corrected chi connectivity index (χ4v) is 3.45. The van der Waals surface area contributed by atoms with E-state index in [2.05, 4.69) is 25.3 Å². The Morgan fingerprint density at radius 3 is 2.68 bits per heavy atom. The molecule has 5 rings (SSSR count). The number of anilines is 2. The Kier molecular flexibility index (Phi) is 3.84. The predicted octanol–water partition coefficient (Wildman–Crippen LogP) is 4.86. The number of benzene rings is 2. The van der Waals surface area contributed by atoms with Gasteiger partial charge in [-0.1, -0.05) is 23.7 Å². The first-order chi connectivity index (χ1) is 13.7. The van der Waals surface area contributed by atoms with Gasteiger partial charge >= 0.3 is 0 Å². The Hall–Kier alpha value is -3.64. The number of imidazole rings is 1. The van der Waals surface area contributed by atoms with Gasteiger partial charge < -0.3 is 15.3 Å². The Morgan fingerprint density at radius 1 is 0.964 bits per heavy atom. The molecule has 0 spiro atoms. The quantitative estimate of drug-likeness (QED) is 0.412. The molecule has 3 heterocycles. The molecule has 7 heteroatoms. The van der Waals surface area contributed by atoms with Gasteiger partial charge in [0.15, 0.2) is 0 Å². The molecule has 0 aliphatic carbocycles. The molecule has 0 saturated heterocycles. The number of para-hydroxylation sites is 2. The first-order valence-corrected chi connectivity index (χ1v) is 9.04. The summed E-state index contributed by atoms with van der Waals surface area (Å²) in [6, 6.07) is 16.7. The van der Waals surface area contributed by atoms with E-state index in [0.29, 0.717) is 27.6 Å². The number of H-pyrrole nitrogens is 2. The Bertz CT molecular complexity index is 1340. The van der Waals surface area contributed by atoms with Crippen molar-refractivity contribution >= 4 is 44.9 Å². The highest BCUT2D eigenvalue weighted by Crippen LogP contribution is 2.34. The van der Waals surface area contributed by atoms with Gasteiger partial charge in [0.05, 0.1) is 34.1 Å². The number of nitrogens with one attached hydrogen (secondary N) is 3. The Morgan fingerprint density at radius 2 is 1.86 bits per heavy atom. The molecule has 3 aromatic heterocycles. The number of hydrogen-bond acceptors (Lipinski definition) is 4. The molecule has 2 aromatic carbocycles. The monoisotopic (exact) mass is 387 g/mol. The molecule has 3 N–H and O–H groups in total. The molecule has 0 radical (unpaired) electrons. The maximum Gasteiger partial charge on any atom is 0.261 e. The van der Waals surface area contributed by atoms with Crippen LogP contribution in [-0.4, -0.2) is 19.9 Å². The number of aromatic nitrogens is 4. The van der Waals surface area contributed by atoms with Gasteiger partial charge in [0, 0.05) is 16.6 Å². The van der Waals surface area contributed by atoms with Gasteiger partial charge in [-0.05, 0) is 42.5 Å². The van der Waals surface area contributed by atoms with E-state index in [4.69, 9.17) is 11.6 Å². The van der Waals surface area contributed by atoms with E-state index in [9.17, 15) is 4.79 Å². The maximum absolute atomic E-state index is 13.0. The first-order valence-electron chi connectivity index (χ1n) is 8.67. The van der Waals surface area contributed by atoms with E-state index >= 15 is 0 Å². The zero-order valence-electron chi connectivity index (χ0n) is 14.5. The molecule has 0 fully saturated rings. The molecule has 0 aliphatic rings. The topological polar surface area (TPSA) is 86.5 Å². The lowest BCUT2D eigenvalue weighted by Crippen LogP contribution is -2.13. The van der Waals surface area contributed by atoms with Crippen molar-refractivity contribution in [1.29, 1.82) is 0 Å². The molecule has 6 nitrogen and oxygen atoms in total. The zero-order chi connectivity index (χ0) is 19.1. The molecular weight excluding hydrogens is 374 g/mol. The summed E-state index contributed by atoms with van der Waals surface area (Å²) >= 11 is 6.24. The third kappa shape index (κ3) is 2.80. The number of halogens is 1. The van der Waals surface area contributed by atoms with Gasteiger partial charge in [0.2, 0.25) is 0 Å². The third-order valence-electron chi connectivity index (χ3n) is 4.53. The standard InChI is InChI=1S/C21H14ClN5O/c22-12-7-8-15-14(10-12)19(24-13-4-3-9-23-11-13)18(21(28)27-15)20-25-16-5-1-2-6-17(16)26-20/h1-11H,(H,25,26)(H2,24,27,28). The minimum Gasteiger partial charge on any atom is -0.353 e. The van der Waals surface area contributed by atoms with Crippen molar-refractivity contribution in [1.82, 2.24) is 19.9 Å². The van der Waals surface area contributed by atoms with Crippen LogP contribution in [0.15, 0.2) is 71.8 Å². The van der Waals surface area contributed by atoms with Gasteiger partial charge in [-0.25, -0.2) is 4.98 Å². The van der Waals surface area contributed by atoms with Crippen LogP contribution in [0.2, 0.25) is 5.02 Å². The Balaban J connectivity index is 1.83. The van der Waals surface area contributed by atoms with Crippen molar-refractivity contribution in [2.75, 3.05) is 5.32 Å². The first kappa shape index (κ1) is 16.5. The van der Waals surface area contributed by atoms with Crippen LogP contribution in [-0.2, 0) is 0 Å². The van der Waals surface area contributed by atoms with Crippen molar-refractivity contribution in [3.05, 3.63) is 82.4 Å². The van der Waals surface area contributed by atoms with Crippen LogP contribution in [0, 0.1) is 0 Å². The molecule has 0 aliphatic heterocycles. The van der Waals surface area contributed by atoms with Gasteiger partial charge in [-0.15, -0.1) is 0 Å². The van der Waals surface area contributed by atoms with E-state index in [0.717, 1.165) is 22.1 Å². The van der Waals surface area contributed by atoms with Crippen molar-refractivity contribution in [2.24, 2.45) is 0 Å². The highest BCUT2D eigenvalue weighted by atomic mass is 35.5. The molecule has 0 saturated carbocycles. The lowest BCUT2D eigenvalue weighted by molar-refractivity contribution is 1.25. The number of hydrogen-bond donors (Lipinski definition) is 3. The average molecular weight is 388 g/mol. The van der Waals surface area contributed by atoms with E-state index in [1.165, 1.54) is 0 Å². The summed E-state index contributed by atoms with van der Waals surface area (Å²) in [6.07, 6.45) is 3.39. The maximum atomic E-state index is 13.0. The summed E-state index contributed by atoms with van der Waals surface area (Å²) in [6.45, 7) is 0. The highest BCUT2D eigenvalue weighted by molar-refractivity contribution is 6.31. The summed E-state index contributed by atoms with van der Waals surface area (Å²) in [5, 5.41) is 4.68. The molecular formula is C21H14ClN5O. The minimum absolute atomic E-state index is 0.250. The van der Waals surface area contributed by atoms with Crippen LogP contribution in [0.4, 0.5) is 11.4 Å². The molecule has 28 heavy (non-hydrogen) atoms. The highest BCUT2D eigenvalue weighted by Gasteiger charge is 2.18. The largest absolute Gasteiger partial charge is 0.353 e. The van der Waals surface area contributed by atoms with Crippen molar-refractivity contribution in [3.8, 4) is 11.4 Å². The van der Waals surface area contributed by atoms with E-state index in [1.807, 2.05) is 42.5 Å². The lowest BCUT2D eigenvalue weighted by Gasteiger charge is -2.13. The van der Waals surface area contributed by atoms with Gasteiger partial charge in [0.25, 0.3) is 5.56 Å². The second-order valence-corrected chi connectivity index (χ2v) is 6.80. The van der Waals surface area contributed by atoms with Gasteiger partial charge in [-0.3, -0.25) is 9.78 Å².